The van der Waals surface area contributed by atoms with Crippen molar-refractivity contribution in [2.45, 2.75) is 32.4 Å². The van der Waals surface area contributed by atoms with E-state index in [9.17, 15) is 13.5 Å². The van der Waals surface area contributed by atoms with Gasteiger partial charge >= 0.3 is 0 Å². The number of aliphatic hydroxyl groups is 1. The van der Waals surface area contributed by atoms with Gasteiger partial charge in [-0.25, -0.2) is 8.42 Å². The molecule has 1 aromatic carbocycles. The maximum absolute atomic E-state index is 11.5. The smallest absolute Gasteiger partial charge is 0.191 e. The Morgan fingerprint density at radius 3 is 2.58 bits per heavy atom. The lowest BCUT2D eigenvalue weighted by Gasteiger charge is -2.17. The highest BCUT2D eigenvalue weighted by atomic mass is 127. The monoisotopic (exact) mass is 467 g/mol. The van der Waals surface area contributed by atoms with Crippen LogP contribution in [0.25, 0.3) is 0 Å². The van der Waals surface area contributed by atoms with Gasteiger partial charge in [-0.1, -0.05) is 29.8 Å². The predicted octanol–water partition coefficient (Wildman–Crippen LogP) is 1.39. The van der Waals surface area contributed by atoms with Crippen molar-refractivity contribution in [1.82, 2.24) is 10.6 Å². The molecule has 0 amide bonds. The number of aliphatic imine (C=N–C) groups is 1. The van der Waals surface area contributed by atoms with Crippen molar-refractivity contribution in [3.8, 4) is 0 Å². The van der Waals surface area contributed by atoms with Gasteiger partial charge in [-0.3, -0.25) is 4.99 Å². The predicted molar refractivity (Wildman–Crippen MR) is 108 cm³/mol. The Labute approximate surface area is 161 Å². The minimum Gasteiger partial charge on any atom is -0.386 e. The van der Waals surface area contributed by atoms with Gasteiger partial charge in [-0.15, -0.1) is 24.0 Å². The summed E-state index contributed by atoms with van der Waals surface area (Å²) in [5, 5.41) is 16.4. The van der Waals surface area contributed by atoms with E-state index in [0.717, 1.165) is 11.1 Å². The van der Waals surface area contributed by atoms with Crippen LogP contribution in [-0.2, 0) is 9.84 Å². The summed E-state index contributed by atoms with van der Waals surface area (Å²) in [5.74, 6) is 0.898. The molecule has 2 unspecified atom stereocenters. The van der Waals surface area contributed by atoms with Crippen molar-refractivity contribution < 1.29 is 13.5 Å². The third kappa shape index (κ3) is 6.56. The maximum Gasteiger partial charge on any atom is 0.191 e. The Morgan fingerprint density at radius 2 is 2.04 bits per heavy atom. The number of nitrogens with one attached hydrogen (secondary N) is 2. The van der Waals surface area contributed by atoms with E-state index in [0.29, 0.717) is 18.9 Å². The minimum atomic E-state index is -2.93. The van der Waals surface area contributed by atoms with Crippen molar-refractivity contribution in [3.05, 3.63) is 35.4 Å². The fourth-order valence-corrected chi connectivity index (χ4v) is 4.17. The van der Waals surface area contributed by atoms with Gasteiger partial charge in [0, 0.05) is 12.6 Å². The van der Waals surface area contributed by atoms with E-state index in [4.69, 9.17) is 0 Å². The molecule has 136 valence electrons. The van der Waals surface area contributed by atoms with Gasteiger partial charge in [0.1, 0.15) is 0 Å². The third-order valence-corrected chi connectivity index (χ3v) is 5.57. The lowest BCUT2D eigenvalue weighted by molar-refractivity contribution is 0.187. The molecular weight excluding hydrogens is 441 g/mol. The number of rotatable bonds is 5. The number of benzene rings is 1. The molecule has 0 aromatic heterocycles. The van der Waals surface area contributed by atoms with Crippen LogP contribution in [0.5, 0.6) is 0 Å². The SMILES string of the molecule is CCNC(=NCC(O)c1ccc(C)cc1)NC1CCS(=O)(=O)C1.I. The molecule has 3 N–H and O–H groups in total. The topological polar surface area (TPSA) is 90.8 Å². The molecule has 1 aliphatic heterocycles. The normalized spacial score (nSPS) is 21.0. The van der Waals surface area contributed by atoms with Crippen molar-refractivity contribution in [3.63, 3.8) is 0 Å². The number of aryl methyl sites for hydroxylation is 1. The Morgan fingerprint density at radius 1 is 1.38 bits per heavy atom. The number of sulfone groups is 1. The van der Waals surface area contributed by atoms with E-state index in [2.05, 4.69) is 15.6 Å². The number of hydrogen-bond donors (Lipinski definition) is 3. The summed E-state index contributed by atoms with van der Waals surface area (Å²) in [4.78, 5) is 4.37. The standard InChI is InChI=1S/C16H25N3O3S.HI/c1-3-17-16(19-14-8-9-23(21,22)11-14)18-10-15(20)13-6-4-12(2)5-7-13;/h4-7,14-15,20H,3,8-11H2,1-2H3,(H2,17,18,19);1H. The average Bonchev–Trinajstić information content (AvgIpc) is 2.84. The highest BCUT2D eigenvalue weighted by Gasteiger charge is 2.28. The van der Waals surface area contributed by atoms with Crippen LogP contribution in [0.1, 0.15) is 30.6 Å². The zero-order chi connectivity index (χ0) is 16.9. The van der Waals surface area contributed by atoms with E-state index in [-0.39, 0.29) is 48.1 Å². The highest BCUT2D eigenvalue weighted by molar-refractivity contribution is 14.0. The number of nitrogens with zero attached hydrogens (tertiary/aromatic N) is 1. The van der Waals surface area contributed by atoms with Crippen molar-refractivity contribution in [2.75, 3.05) is 24.6 Å². The molecule has 0 spiro atoms. The first kappa shape index (κ1) is 21.2. The van der Waals surface area contributed by atoms with E-state index < -0.39 is 15.9 Å². The molecule has 1 fully saturated rings. The summed E-state index contributed by atoms with van der Waals surface area (Å²) < 4.78 is 23.0. The molecule has 1 aromatic rings. The molecular formula is C16H26IN3O3S. The summed E-state index contributed by atoms with van der Waals surface area (Å²) >= 11 is 0. The second-order valence-electron chi connectivity index (χ2n) is 5.89. The van der Waals surface area contributed by atoms with E-state index in [1.165, 1.54) is 0 Å². The summed E-state index contributed by atoms with van der Waals surface area (Å²) in [5.41, 5.74) is 1.96. The number of aliphatic hydroxyl groups excluding tert-OH is 1. The van der Waals surface area contributed by atoms with Crippen molar-refractivity contribution >= 4 is 39.8 Å². The fourth-order valence-electron chi connectivity index (χ4n) is 2.49. The van der Waals surface area contributed by atoms with E-state index in [1.807, 2.05) is 38.1 Å². The van der Waals surface area contributed by atoms with Gasteiger partial charge in [0.25, 0.3) is 0 Å². The summed E-state index contributed by atoms with van der Waals surface area (Å²) in [7, 11) is -2.93. The first-order valence-corrected chi connectivity index (χ1v) is 9.71. The van der Waals surface area contributed by atoms with Crippen LogP contribution < -0.4 is 10.6 Å². The summed E-state index contributed by atoms with van der Waals surface area (Å²) in [6, 6.07) is 7.57. The molecule has 0 saturated carbocycles. The molecule has 0 aliphatic carbocycles. The molecule has 0 radical (unpaired) electrons. The van der Waals surface area contributed by atoms with Gasteiger partial charge in [0.15, 0.2) is 15.8 Å². The zero-order valence-electron chi connectivity index (χ0n) is 14.0. The van der Waals surface area contributed by atoms with Crippen LogP contribution in [-0.4, -0.2) is 50.1 Å². The van der Waals surface area contributed by atoms with Crippen LogP contribution in [0, 0.1) is 6.92 Å². The zero-order valence-corrected chi connectivity index (χ0v) is 17.2. The summed E-state index contributed by atoms with van der Waals surface area (Å²) in [6.07, 6.45) is -0.0915. The second kappa shape index (κ2) is 9.57. The Hall–Kier alpha value is -0.870. The van der Waals surface area contributed by atoms with Gasteiger partial charge in [0.05, 0.1) is 24.2 Å². The Kier molecular flexibility index (Phi) is 8.44. The number of halogens is 1. The third-order valence-electron chi connectivity index (χ3n) is 3.80. The van der Waals surface area contributed by atoms with Crippen LogP contribution in [0.3, 0.4) is 0 Å². The van der Waals surface area contributed by atoms with E-state index in [1.54, 1.807) is 0 Å². The molecule has 2 rings (SSSR count). The van der Waals surface area contributed by atoms with Crippen molar-refractivity contribution in [1.29, 1.82) is 0 Å². The quantitative estimate of drug-likeness (QED) is 0.346. The Balaban J connectivity index is 0.00000288. The van der Waals surface area contributed by atoms with Crippen LogP contribution in [0.4, 0.5) is 0 Å². The molecule has 8 heteroatoms. The minimum absolute atomic E-state index is 0. The van der Waals surface area contributed by atoms with Gasteiger partial charge in [-0.05, 0) is 25.8 Å². The molecule has 6 nitrogen and oxygen atoms in total. The first-order valence-electron chi connectivity index (χ1n) is 7.89. The maximum atomic E-state index is 11.5. The van der Waals surface area contributed by atoms with Crippen molar-refractivity contribution in [2.24, 2.45) is 4.99 Å². The Bertz CT molecular complexity index is 647. The molecule has 1 saturated heterocycles. The molecule has 24 heavy (non-hydrogen) atoms. The van der Waals surface area contributed by atoms with E-state index >= 15 is 0 Å². The van der Waals surface area contributed by atoms with Gasteiger partial charge in [-0.2, -0.15) is 0 Å². The second-order valence-corrected chi connectivity index (χ2v) is 8.12. The molecule has 0 bridgehead atoms. The van der Waals surface area contributed by atoms with Gasteiger partial charge in [0.2, 0.25) is 0 Å². The lowest BCUT2D eigenvalue weighted by Crippen LogP contribution is -2.44. The summed E-state index contributed by atoms with van der Waals surface area (Å²) in [6.45, 7) is 4.83. The van der Waals surface area contributed by atoms with Crippen LogP contribution in [0.2, 0.25) is 0 Å². The molecule has 1 heterocycles. The van der Waals surface area contributed by atoms with Gasteiger partial charge < -0.3 is 15.7 Å². The number of guanidine groups is 1. The van der Waals surface area contributed by atoms with Crippen LogP contribution in [0.15, 0.2) is 29.3 Å². The first-order chi connectivity index (χ1) is 10.9. The molecule has 2 atom stereocenters. The number of hydrogen-bond acceptors (Lipinski definition) is 4. The molecule has 1 aliphatic rings. The lowest BCUT2D eigenvalue weighted by atomic mass is 10.1. The highest BCUT2D eigenvalue weighted by Crippen LogP contribution is 2.14. The largest absolute Gasteiger partial charge is 0.386 e. The fraction of sp³-hybridized carbons (Fsp3) is 0.562. The average molecular weight is 467 g/mol. The van der Waals surface area contributed by atoms with Crippen LogP contribution >= 0.6 is 24.0 Å².